The second-order valence-electron chi connectivity index (χ2n) is 15.8. The fraction of sp³-hybridized carbons (Fsp3) is 0.841. The first kappa shape index (κ1) is 52.3. The molecule has 58 heavy (non-hydrogen) atoms. The van der Waals surface area contributed by atoms with Crippen molar-refractivity contribution in [2.45, 2.75) is 216 Å². The fourth-order valence-electron chi connectivity index (χ4n) is 7.09. The molecule has 2 heterocycles. The van der Waals surface area contributed by atoms with Crippen LogP contribution in [0.15, 0.2) is 36.5 Å². The molecule has 14 heteroatoms. The average molecular weight is 830 g/mol. The highest BCUT2D eigenvalue weighted by Crippen LogP contribution is 2.30. The molecule has 0 spiro atoms. The summed E-state index contributed by atoms with van der Waals surface area (Å²) < 4.78 is 22.6. The quantitative estimate of drug-likeness (QED) is 0.0346. The Labute approximate surface area is 347 Å². The zero-order chi connectivity index (χ0) is 42.5. The van der Waals surface area contributed by atoms with Crippen LogP contribution < -0.4 is 5.32 Å². The van der Waals surface area contributed by atoms with Gasteiger partial charge < -0.3 is 65.1 Å². The molecule has 0 aliphatic carbocycles. The zero-order valence-corrected chi connectivity index (χ0v) is 35.3. The third-order valence-electron chi connectivity index (χ3n) is 10.8. The van der Waals surface area contributed by atoms with Gasteiger partial charge in [0.15, 0.2) is 12.6 Å². The van der Waals surface area contributed by atoms with E-state index in [9.17, 15) is 45.6 Å². The summed E-state index contributed by atoms with van der Waals surface area (Å²) in [5, 5.41) is 86.3. The topological polar surface area (TPSA) is 228 Å². The molecule has 12 unspecified atom stereocenters. The lowest BCUT2D eigenvalue weighted by Crippen LogP contribution is -2.65. The predicted octanol–water partition coefficient (Wildman–Crippen LogP) is 3.98. The van der Waals surface area contributed by atoms with Crippen LogP contribution in [0.2, 0.25) is 0 Å². The number of rotatable bonds is 32. The molecule has 2 aliphatic heterocycles. The van der Waals surface area contributed by atoms with Crippen LogP contribution in [-0.4, -0.2) is 140 Å². The maximum absolute atomic E-state index is 13.1. The number of allylic oxidation sites excluding steroid dienone is 5. The lowest BCUT2D eigenvalue weighted by Gasteiger charge is -2.46. The van der Waals surface area contributed by atoms with Crippen molar-refractivity contribution in [3.8, 4) is 0 Å². The largest absolute Gasteiger partial charge is 0.394 e. The summed E-state index contributed by atoms with van der Waals surface area (Å²) in [6, 6.07) is -0.918. The standard InChI is InChI=1S/C44H79NO13/c1-3-5-7-9-11-13-15-16-18-20-22-24-26-28-36(49)45-32(33(48)27-25-23-21-19-17-14-12-10-8-6-4-2)31-55-43-41(54)39(52)42(35(30-47)57-43)58-44-40(53)38(51)37(50)34(29-46)56-44/h7,9,13,15,25,27,32-35,37-44,46-48,50-54H,3-6,8,10-12,14,16-24,26,28-31H2,1-2H3,(H,45,49)/b9-7-,15-13-,27-25+. The van der Waals surface area contributed by atoms with E-state index < -0.39 is 86.8 Å². The first-order valence-electron chi connectivity index (χ1n) is 22.2. The summed E-state index contributed by atoms with van der Waals surface area (Å²) in [7, 11) is 0. The van der Waals surface area contributed by atoms with Gasteiger partial charge in [-0.15, -0.1) is 0 Å². The maximum atomic E-state index is 13.1. The molecule has 0 aromatic rings. The molecule has 0 bridgehead atoms. The highest BCUT2D eigenvalue weighted by atomic mass is 16.7. The summed E-state index contributed by atoms with van der Waals surface area (Å²) in [6.45, 7) is 2.65. The number of carbonyl (C=O) groups is 1. The third kappa shape index (κ3) is 20.2. The molecular weight excluding hydrogens is 750 g/mol. The Hall–Kier alpha value is -1.79. The van der Waals surface area contributed by atoms with Gasteiger partial charge in [0.1, 0.15) is 48.8 Å². The molecule has 9 N–H and O–H groups in total. The Balaban J connectivity index is 1.93. The Kier molecular flexibility index (Phi) is 28.9. The molecule has 2 aliphatic rings. The Bertz CT molecular complexity index is 1120. The lowest BCUT2D eigenvalue weighted by molar-refractivity contribution is -0.359. The van der Waals surface area contributed by atoms with Gasteiger partial charge in [-0.05, 0) is 44.9 Å². The van der Waals surface area contributed by atoms with Gasteiger partial charge in [-0.2, -0.15) is 0 Å². The van der Waals surface area contributed by atoms with Crippen molar-refractivity contribution in [2.75, 3.05) is 19.8 Å². The number of hydrogen-bond acceptors (Lipinski definition) is 13. The first-order valence-corrected chi connectivity index (χ1v) is 22.2. The van der Waals surface area contributed by atoms with Gasteiger partial charge in [-0.3, -0.25) is 4.79 Å². The molecule has 2 rings (SSSR count). The Morgan fingerprint density at radius 1 is 0.621 bits per heavy atom. The summed E-state index contributed by atoms with van der Waals surface area (Å²) in [4.78, 5) is 13.1. The van der Waals surface area contributed by atoms with Gasteiger partial charge in [-0.25, -0.2) is 0 Å². The number of amides is 1. The minimum Gasteiger partial charge on any atom is -0.394 e. The normalized spacial score (nSPS) is 29.1. The summed E-state index contributed by atoms with van der Waals surface area (Å²) in [5.74, 6) is -0.259. The molecule has 2 saturated heterocycles. The van der Waals surface area contributed by atoms with Gasteiger partial charge >= 0.3 is 0 Å². The summed E-state index contributed by atoms with van der Waals surface area (Å²) >= 11 is 0. The molecule has 14 nitrogen and oxygen atoms in total. The summed E-state index contributed by atoms with van der Waals surface area (Å²) in [6.07, 6.45) is 16.2. The van der Waals surface area contributed by atoms with Crippen molar-refractivity contribution in [1.82, 2.24) is 5.32 Å². The van der Waals surface area contributed by atoms with Crippen LogP contribution in [0, 0.1) is 0 Å². The number of nitrogens with one attached hydrogen (secondary N) is 1. The fourth-order valence-corrected chi connectivity index (χ4v) is 7.09. The van der Waals surface area contributed by atoms with Gasteiger partial charge in [0, 0.05) is 6.42 Å². The zero-order valence-electron chi connectivity index (χ0n) is 35.3. The lowest BCUT2D eigenvalue weighted by atomic mass is 9.97. The molecule has 0 aromatic heterocycles. The van der Waals surface area contributed by atoms with Gasteiger partial charge in [0.25, 0.3) is 0 Å². The van der Waals surface area contributed by atoms with E-state index in [-0.39, 0.29) is 18.9 Å². The van der Waals surface area contributed by atoms with E-state index in [1.54, 1.807) is 6.08 Å². The van der Waals surface area contributed by atoms with E-state index in [1.165, 1.54) is 44.9 Å². The van der Waals surface area contributed by atoms with Crippen LogP contribution in [0.1, 0.15) is 142 Å². The highest BCUT2D eigenvalue weighted by Gasteiger charge is 2.50. The van der Waals surface area contributed by atoms with Crippen LogP contribution in [0.4, 0.5) is 0 Å². The van der Waals surface area contributed by atoms with Crippen molar-refractivity contribution in [3.05, 3.63) is 36.5 Å². The minimum atomic E-state index is -1.79. The van der Waals surface area contributed by atoms with Crippen LogP contribution in [0.25, 0.3) is 0 Å². The SMILES string of the molecule is CCC/C=C\C/C=C\CCCCCCCC(=O)NC(COC1OC(CO)C(OC2OC(CO)C(O)C(O)C2O)C(O)C1O)C(O)/C=C/CCCCCCCCCCC. The molecule has 0 radical (unpaired) electrons. The van der Waals surface area contributed by atoms with E-state index in [2.05, 4.69) is 43.5 Å². The third-order valence-corrected chi connectivity index (χ3v) is 10.8. The molecule has 1 amide bonds. The van der Waals surface area contributed by atoms with E-state index in [0.717, 1.165) is 70.6 Å². The number of aliphatic hydroxyl groups excluding tert-OH is 8. The van der Waals surface area contributed by atoms with Crippen molar-refractivity contribution < 1.29 is 64.6 Å². The van der Waals surface area contributed by atoms with Crippen LogP contribution in [0.3, 0.4) is 0 Å². The number of hydrogen-bond donors (Lipinski definition) is 9. The van der Waals surface area contributed by atoms with Crippen molar-refractivity contribution in [3.63, 3.8) is 0 Å². The van der Waals surface area contributed by atoms with Crippen LogP contribution >= 0.6 is 0 Å². The van der Waals surface area contributed by atoms with Gasteiger partial charge in [0.2, 0.25) is 5.91 Å². The predicted molar refractivity (Wildman–Crippen MR) is 221 cm³/mol. The van der Waals surface area contributed by atoms with E-state index in [1.807, 2.05) is 6.08 Å². The average Bonchev–Trinajstić information content (AvgIpc) is 3.22. The van der Waals surface area contributed by atoms with E-state index >= 15 is 0 Å². The number of unbranched alkanes of at least 4 members (excludes halogenated alkanes) is 15. The second-order valence-corrected chi connectivity index (χ2v) is 15.8. The maximum Gasteiger partial charge on any atom is 0.220 e. The first-order chi connectivity index (χ1) is 28.1. The van der Waals surface area contributed by atoms with Crippen LogP contribution in [-0.2, 0) is 23.7 Å². The van der Waals surface area contributed by atoms with Gasteiger partial charge in [0.05, 0.1) is 32.0 Å². The second kappa shape index (κ2) is 32.0. The molecule has 0 aromatic carbocycles. The molecule has 338 valence electrons. The van der Waals surface area contributed by atoms with Crippen LogP contribution in [0.5, 0.6) is 0 Å². The molecular formula is C44H79NO13. The van der Waals surface area contributed by atoms with Crippen molar-refractivity contribution in [1.29, 1.82) is 0 Å². The monoisotopic (exact) mass is 830 g/mol. The van der Waals surface area contributed by atoms with E-state index in [4.69, 9.17) is 18.9 Å². The highest BCUT2D eigenvalue weighted by molar-refractivity contribution is 5.76. The molecule has 12 atom stereocenters. The smallest absolute Gasteiger partial charge is 0.220 e. The van der Waals surface area contributed by atoms with Crippen molar-refractivity contribution >= 4 is 5.91 Å². The molecule has 2 fully saturated rings. The van der Waals surface area contributed by atoms with Crippen molar-refractivity contribution in [2.24, 2.45) is 0 Å². The number of carbonyl (C=O) groups excluding carboxylic acids is 1. The number of ether oxygens (including phenoxy) is 4. The van der Waals surface area contributed by atoms with E-state index in [0.29, 0.717) is 6.42 Å². The summed E-state index contributed by atoms with van der Waals surface area (Å²) in [5.41, 5.74) is 0. The number of aliphatic hydroxyl groups is 8. The molecule has 0 saturated carbocycles. The van der Waals surface area contributed by atoms with Gasteiger partial charge in [-0.1, -0.05) is 127 Å². The Morgan fingerprint density at radius 2 is 1.17 bits per heavy atom. The Morgan fingerprint density at radius 3 is 1.79 bits per heavy atom. The minimum absolute atomic E-state index is 0.259.